The normalized spacial score (nSPS) is 18.5. The fourth-order valence-electron chi connectivity index (χ4n) is 3.60. The standard InChI is InChI=1S/C19H25FN4O4/c1-23-17-12(5-3-9-28-11-13(20)10-21)4-2-6-14(17)24(19(23)27)15-7-8-16(25)22-18(15)26/h2,4,6,13,15H,3,5,7-11,21H2,1H3,(H,22,25,26). The van der Waals surface area contributed by atoms with Gasteiger partial charge in [0.1, 0.15) is 12.2 Å². The summed E-state index contributed by atoms with van der Waals surface area (Å²) in [5.41, 5.74) is 7.28. The van der Waals surface area contributed by atoms with Gasteiger partial charge in [-0.05, 0) is 30.9 Å². The van der Waals surface area contributed by atoms with Crippen LogP contribution in [0, 0.1) is 0 Å². The molecule has 0 spiro atoms. The van der Waals surface area contributed by atoms with Crippen LogP contribution < -0.4 is 16.7 Å². The number of imide groups is 1. The average Bonchev–Trinajstić information content (AvgIpc) is 2.93. The van der Waals surface area contributed by atoms with E-state index in [-0.39, 0.29) is 31.2 Å². The first kappa shape index (κ1) is 20.2. The molecular formula is C19H25FN4O4. The number of nitrogens with one attached hydrogen (secondary N) is 1. The van der Waals surface area contributed by atoms with Crippen LogP contribution in [0.5, 0.6) is 0 Å². The minimum atomic E-state index is -1.16. The van der Waals surface area contributed by atoms with Crippen LogP contribution in [0.1, 0.15) is 30.9 Å². The first-order valence-corrected chi connectivity index (χ1v) is 9.38. The van der Waals surface area contributed by atoms with E-state index >= 15 is 0 Å². The van der Waals surface area contributed by atoms with Gasteiger partial charge in [-0.15, -0.1) is 0 Å². The van der Waals surface area contributed by atoms with Gasteiger partial charge in [0.25, 0.3) is 0 Å². The van der Waals surface area contributed by atoms with Crippen molar-refractivity contribution < 1.29 is 18.7 Å². The Balaban J connectivity index is 1.82. The number of halogens is 1. The van der Waals surface area contributed by atoms with Crippen molar-refractivity contribution in [1.82, 2.24) is 14.5 Å². The van der Waals surface area contributed by atoms with E-state index in [4.69, 9.17) is 10.5 Å². The highest BCUT2D eigenvalue weighted by atomic mass is 19.1. The Morgan fingerprint density at radius 2 is 2.14 bits per heavy atom. The molecule has 1 fully saturated rings. The van der Waals surface area contributed by atoms with E-state index in [1.165, 1.54) is 9.13 Å². The Morgan fingerprint density at radius 1 is 1.36 bits per heavy atom. The number of para-hydroxylation sites is 1. The summed E-state index contributed by atoms with van der Waals surface area (Å²) in [5, 5.41) is 2.30. The Kier molecular flexibility index (Phi) is 6.25. The van der Waals surface area contributed by atoms with Crippen LogP contribution in [0.25, 0.3) is 11.0 Å². The van der Waals surface area contributed by atoms with Crippen LogP contribution >= 0.6 is 0 Å². The van der Waals surface area contributed by atoms with Gasteiger partial charge in [-0.3, -0.25) is 24.0 Å². The van der Waals surface area contributed by atoms with Crippen molar-refractivity contribution in [2.24, 2.45) is 12.8 Å². The number of nitrogens with zero attached hydrogens (tertiary/aromatic N) is 2. The molecule has 1 aliphatic rings. The molecular weight excluding hydrogens is 367 g/mol. The molecule has 1 aromatic carbocycles. The number of carbonyl (C=O) groups is 2. The number of piperidine rings is 1. The molecule has 28 heavy (non-hydrogen) atoms. The molecule has 1 saturated heterocycles. The SMILES string of the molecule is Cn1c(=O)n(C2CCC(=O)NC2=O)c2cccc(CCCOCC(F)CN)c21. The largest absolute Gasteiger partial charge is 0.378 e. The van der Waals surface area contributed by atoms with Crippen LogP contribution in [0.15, 0.2) is 23.0 Å². The number of nitrogens with two attached hydrogens (primary N) is 1. The molecule has 0 aliphatic carbocycles. The molecule has 2 heterocycles. The second-order valence-corrected chi connectivity index (χ2v) is 6.97. The Hall–Kier alpha value is -2.52. The van der Waals surface area contributed by atoms with Crippen molar-refractivity contribution in [3.05, 3.63) is 34.2 Å². The average molecular weight is 392 g/mol. The van der Waals surface area contributed by atoms with E-state index in [0.29, 0.717) is 31.4 Å². The van der Waals surface area contributed by atoms with Gasteiger partial charge in [-0.1, -0.05) is 12.1 Å². The highest BCUT2D eigenvalue weighted by Gasteiger charge is 2.31. The fourth-order valence-corrected chi connectivity index (χ4v) is 3.60. The summed E-state index contributed by atoms with van der Waals surface area (Å²) in [6.07, 6.45) is 0.645. The molecule has 152 valence electrons. The second-order valence-electron chi connectivity index (χ2n) is 6.97. The Morgan fingerprint density at radius 3 is 2.86 bits per heavy atom. The van der Waals surface area contributed by atoms with Crippen LogP contribution in [0.3, 0.4) is 0 Å². The van der Waals surface area contributed by atoms with Gasteiger partial charge in [-0.2, -0.15) is 0 Å². The lowest BCUT2D eigenvalue weighted by Gasteiger charge is -2.21. The van der Waals surface area contributed by atoms with Crippen molar-refractivity contribution in [1.29, 1.82) is 0 Å². The molecule has 8 nitrogen and oxygen atoms in total. The molecule has 2 aromatic rings. The summed E-state index contributed by atoms with van der Waals surface area (Å²) in [6, 6.07) is 4.86. The number of hydrogen-bond acceptors (Lipinski definition) is 5. The zero-order chi connectivity index (χ0) is 20.3. The fraction of sp³-hybridized carbons (Fsp3) is 0.526. The smallest absolute Gasteiger partial charge is 0.329 e. The third-order valence-corrected chi connectivity index (χ3v) is 5.00. The van der Waals surface area contributed by atoms with Gasteiger partial charge >= 0.3 is 5.69 Å². The lowest BCUT2D eigenvalue weighted by Crippen LogP contribution is -2.44. The van der Waals surface area contributed by atoms with Gasteiger partial charge in [0.05, 0.1) is 17.6 Å². The van der Waals surface area contributed by atoms with E-state index in [0.717, 1.165) is 11.1 Å². The van der Waals surface area contributed by atoms with E-state index in [2.05, 4.69) is 5.32 Å². The molecule has 1 aromatic heterocycles. The number of alkyl halides is 1. The van der Waals surface area contributed by atoms with Crippen molar-refractivity contribution in [2.45, 2.75) is 37.9 Å². The molecule has 2 amide bonds. The molecule has 0 radical (unpaired) electrons. The zero-order valence-corrected chi connectivity index (χ0v) is 15.8. The number of fused-ring (bicyclic) bond motifs is 1. The predicted molar refractivity (Wildman–Crippen MR) is 102 cm³/mol. The third-order valence-electron chi connectivity index (χ3n) is 5.00. The van der Waals surface area contributed by atoms with Crippen molar-refractivity contribution in [3.8, 4) is 0 Å². The van der Waals surface area contributed by atoms with Gasteiger partial charge in [0.15, 0.2) is 0 Å². The lowest BCUT2D eigenvalue weighted by molar-refractivity contribution is -0.135. The molecule has 0 saturated carbocycles. The van der Waals surface area contributed by atoms with Gasteiger partial charge in [0, 0.05) is 26.6 Å². The first-order valence-electron chi connectivity index (χ1n) is 9.38. The van der Waals surface area contributed by atoms with E-state index in [9.17, 15) is 18.8 Å². The molecule has 3 rings (SSSR count). The van der Waals surface area contributed by atoms with Gasteiger partial charge in [0.2, 0.25) is 11.8 Å². The summed E-state index contributed by atoms with van der Waals surface area (Å²) >= 11 is 0. The maximum Gasteiger partial charge on any atom is 0.329 e. The van der Waals surface area contributed by atoms with Crippen molar-refractivity contribution >= 4 is 22.8 Å². The topological polar surface area (TPSA) is 108 Å². The van der Waals surface area contributed by atoms with E-state index in [1.54, 1.807) is 13.1 Å². The monoisotopic (exact) mass is 392 g/mol. The number of imidazole rings is 1. The van der Waals surface area contributed by atoms with Crippen molar-refractivity contribution in [2.75, 3.05) is 19.8 Å². The number of carbonyl (C=O) groups excluding carboxylic acids is 2. The highest BCUT2D eigenvalue weighted by molar-refractivity contribution is 6.00. The first-order chi connectivity index (χ1) is 13.4. The lowest BCUT2D eigenvalue weighted by atomic mass is 10.0. The molecule has 9 heteroatoms. The van der Waals surface area contributed by atoms with Crippen LogP contribution in [-0.2, 0) is 27.8 Å². The Bertz CT molecular complexity index is 936. The number of aryl methyl sites for hydroxylation is 2. The number of hydrogen-bond donors (Lipinski definition) is 2. The van der Waals surface area contributed by atoms with Gasteiger partial charge < -0.3 is 10.5 Å². The van der Waals surface area contributed by atoms with Crippen LogP contribution in [-0.4, -0.2) is 46.9 Å². The minimum absolute atomic E-state index is 0.0227. The van der Waals surface area contributed by atoms with Crippen LogP contribution in [0.2, 0.25) is 0 Å². The summed E-state index contributed by atoms with van der Waals surface area (Å²) < 4.78 is 21.4. The maximum absolute atomic E-state index is 13.1. The number of aromatic nitrogens is 2. The Labute approximate surface area is 161 Å². The number of ether oxygens (including phenoxy) is 1. The molecule has 2 atom stereocenters. The molecule has 3 N–H and O–H groups in total. The third kappa shape index (κ3) is 4.00. The molecule has 2 unspecified atom stereocenters. The summed E-state index contributed by atoms with van der Waals surface area (Å²) in [6.45, 7) is 0.305. The van der Waals surface area contributed by atoms with E-state index < -0.39 is 18.1 Å². The molecule has 0 bridgehead atoms. The van der Waals surface area contributed by atoms with Crippen LogP contribution in [0.4, 0.5) is 4.39 Å². The maximum atomic E-state index is 13.1. The second kappa shape index (κ2) is 8.66. The predicted octanol–water partition coefficient (Wildman–Crippen LogP) is 0.564. The van der Waals surface area contributed by atoms with Crippen molar-refractivity contribution in [3.63, 3.8) is 0 Å². The van der Waals surface area contributed by atoms with E-state index in [1.807, 2.05) is 12.1 Å². The summed E-state index contributed by atoms with van der Waals surface area (Å²) in [7, 11) is 1.67. The number of amides is 2. The van der Waals surface area contributed by atoms with Gasteiger partial charge in [-0.25, -0.2) is 9.18 Å². The highest BCUT2D eigenvalue weighted by Crippen LogP contribution is 2.25. The zero-order valence-electron chi connectivity index (χ0n) is 15.8. The number of benzene rings is 1. The summed E-state index contributed by atoms with van der Waals surface area (Å²) in [4.78, 5) is 36.5. The number of rotatable bonds is 8. The summed E-state index contributed by atoms with van der Waals surface area (Å²) in [5.74, 6) is -0.772. The minimum Gasteiger partial charge on any atom is -0.378 e. The molecule has 1 aliphatic heterocycles. The quantitative estimate of drug-likeness (QED) is 0.504.